The second kappa shape index (κ2) is 11.1. The molecule has 2 aromatic carbocycles. The Morgan fingerprint density at radius 2 is 1.54 bits per heavy atom. The van der Waals surface area contributed by atoms with Crippen LogP contribution in [-0.2, 0) is 22.1 Å². The Labute approximate surface area is 176 Å². The van der Waals surface area contributed by atoms with E-state index < -0.39 is 11.7 Å². The molecule has 3 nitrogen and oxygen atoms in total. The van der Waals surface area contributed by atoms with Gasteiger partial charge in [-0.2, -0.15) is 31.2 Å². The topological polar surface area (TPSA) is 35.5 Å². The second-order valence-corrected chi connectivity index (χ2v) is 6.60. The molecular formula is C21H22F3LiO3-2. The zero-order chi connectivity index (χ0) is 20.7. The summed E-state index contributed by atoms with van der Waals surface area (Å²) in [6.45, 7) is 14.4. The van der Waals surface area contributed by atoms with Gasteiger partial charge in [-0.1, -0.05) is 6.47 Å². The molecule has 0 aliphatic carbocycles. The van der Waals surface area contributed by atoms with Crippen LogP contribution in [-0.4, -0.2) is 12.1 Å². The van der Waals surface area contributed by atoms with Gasteiger partial charge in [-0.15, -0.1) is 12.1 Å². The summed E-state index contributed by atoms with van der Waals surface area (Å²) in [4.78, 5) is 9.47. The van der Waals surface area contributed by atoms with Crippen LogP contribution in [0.15, 0.2) is 42.5 Å². The first kappa shape index (κ1) is 26.0. The van der Waals surface area contributed by atoms with Crippen LogP contribution in [0.1, 0.15) is 37.5 Å². The van der Waals surface area contributed by atoms with Crippen molar-refractivity contribution in [3.05, 3.63) is 73.0 Å². The summed E-state index contributed by atoms with van der Waals surface area (Å²) in [5, 5.41) is 0. The van der Waals surface area contributed by atoms with Crippen molar-refractivity contribution in [2.24, 2.45) is 0 Å². The van der Waals surface area contributed by atoms with Gasteiger partial charge in [0.1, 0.15) is 5.75 Å². The molecule has 7 heteroatoms. The van der Waals surface area contributed by atoms with E-state index in [9.17, 15) is 18.0 Å². The van der Waals surface area contributed by atoms with E-state index in [1.807, 2.05) is 6.07 Å². The van der Waals surface area contributed by atoms with Crippen molar-refractivity contribution >= 4 is 6.47 Å². The molecule has 0 bridgehead atoms. The first-order chi connectivity index (χ1) is 12.5. The predicted molar refractivity (Wildman–Crippen MR) is 98.0 cm³/mol. The van der Waals surface area contributed by atoms with Crippen LogP contribution in [0.2, 0.25) is 0 Å². The second-order valence-electron chi connectivity index (χ2n) is 6.60. The number of alkyl halides is 3. The van der Waals surface area contributed by atoms with Gasteiger partial charge < -0.3 is 21.2 Å². The van der Waals surface area contributed by atoms with Gasteiger partial charge in [0.25, 0.3) is 0 Å². The van der Waals surface area contributed by atoms with E-state index in [1.54, 1.807) is 32.9 Å². The molecule has 2 rings (SSSR count). The molecule has 0 unspecified atom stereocenters. The van der Waals surface area contributed by atoms with Crippen molar-refractivity contribution in [2.75, 3.05) is 0 Å². The largest absolute Gasteiger partial charge is 1.00 e. The van der Waals surface area contributed by atoms with Gasteiger partial charge >= 0.3 is 25.0 Å². The molecule has 0 atom stereocenters. The fraction of sp³-hybridized carbons (Fsp3) is 0.286. The van der Waals surface area contributed by atoms with Crippen LogP contribution >= 0.6 is 0 Å². The minimum Gasteiger partial charge on any atom is -0.649 e. The van der Waals surface area contributed by atoms with Crippen molar-refractivity contribution in [3.63, 3.8) is 0 Å². The fourth-order valence-electron chi connectivity index (χ4n) is 1.88. The average Bonchev–Trinajstić information content (AvgIpc) is 2.54. The molecule has 0 N–H and O–H groups in total. The maximum absolute atomic E-state index is 12.4. The molecule has 0 radical (unpaired) electrons. The number of halogens is 3. The summed E-state index contributed by atoms with van der Waals surface area (Å²) in [5.74, 6) is 0.881. The van der Waals surface area contributed by atoms with Crippen molar-refractivity contribution in [1.29, 1.82) is 0 Å². The molecule has 0 fully saturated rings. The summed E-state index contributed by atoms with van der Waals surface area (Å²) in [6.07, 6.45) is -3.71. The maximum atomic E-state index is 12.4. The number of carbonyl (C=O) groups excluding carboxylic acids is 1. The average molecular weight is 386 g/mol. The van der Waals surface area contributed by atoms with E-state index in [4.69, 9.17) is 4.74 Å². The first-order valence-corrected chi connectivity index (χ1v) is 8.10. The Kier molecular flexibility index (Phi) is 10.3. The van der Waals surface area contributed by atoms with Gasteiger partial charge in [0.15, 0.2) is 0 Å². The molecule has 2 aromatic rings. The number of rotatable bonds is 4. The molecule has 0 saturated carbocycles. The normalized spacial score (nSPS) is 10.8. The van der Waals surface area contributed by atoms with Gasteiger partial charge in [0.05, 0.1) is 16.9 Å². The SMILES string of the molecule is CC(C)(C)O[C-]=O.[CH2-]Cc1ccc(Oc2ccc(C(F)(F)F)cc2)cc1[CH2-].[Li+]. The monoisotopic (exact) mass is 386 g/mol. The number of hydrogen-bond donors (Lipinski definition) is 0. The van der Waals surface area contributed by atoms with Gasteiger partial charge in [-0.25, -0.2) is 6.42 Å². The number of benzene rings is 2. The molecule has 0 saturated heterocycles. The molecule has 28 heavy (non-hydrogen) atoms. The summed E-state index contributed by atoms with van der Waals surface area (Å²) >= 11 is 0. The Morgan fingerprint density at radius 3 is 1.89 bits per heavy atom. The predicted octanol–water partition coefficient (Wildman–Crippen LogP) is 2.93. The van der Waals surface area contributed by atoms with E-state index in [1.165, 1.54) is 18.6 Å². The van der Waals surface area contributed by atoms with E-state index in [-0.39, 0.29) is 24.5 Å². The third kappa shape index (κ3) is 9.25. The molecular weight excluding hydrogens is 364 g/mol. The van der Waals surface area contributed by atoms with Gasteiger partial charge in [0, 0.05) is 0 Å². The van der Waals surface area contributed by atoms with Crippen LogP contribution in [0.3, 0.4) is 0 Å². The summed E-state index contributed by atoms with van der Waals surface area (Å²) in [6, 6.07) is 9.89. The van der Waals surface area contributed by atoms with Crippen LogP contribution in [0.4, 0.5) is 13.2 Å². The van der Waals surface area contributed by atoms with Crippen molar-refractivity contribution in [1.82, 2.24) is 0 Å². The molecule has 0 amide bonds. The Bertz CT molecular complexity index is 736. The minimum atomic E-state index is -4.34. The minimum absolute atomic E-state index is 0. The van der Waals surface area contributed by atoms with Gasteiger partial charge in [0.2, 0.25) is 0 Å². The van der Waals surface area contributed by atoms with Gasteiger partial charge in [-0.05, 0) is 51.1 Å². The van der Waals surface area contributed by atoms with E-state index in [0.717, 1.165) is 23.3 Å². The van der Waals surface area contributed by atoms with Crippen LogP contribution in [0.5, 0.6) is 11.5 Å². The third-order valence-electron chi connectivity index (χ3n) is 3.21. The zero-order valence-corrected chi connectivity index (χ0v) is 16.5. The summed E-state index contributed by atoms with van der Waals surface area (Å²) < 4.78 is 47.2. The standard InChI is InChI=1S/C16H13F3O.C5H9O2.Li/c1-3-12-4-7-15(10-11(12)2)20-14-8-5-13(6-9-14)16(17,18)19;1-5(2,3)7-4-6;/h4-10H,1-3H2;1-3H3;/q-2;-1;+1. The maximum Gasteiger partial charge on any atom is 1.00 e. The molecule has 0 heterocycles. The van der Waals surface area contributed by atoms with E-state index in [0.29, 0.717) is 17.9 Å². The van der Waals surface area contributed by atoms with Crippen LogP contribution < -0.4 is 23.6 Å². The molecule has 0 aliphatic heterocycles. The zero-order valence-electron chi connectivity index (χ0n) is 16.5. The summed E-state index contributed by atoms with van der Waals surface area (Å²) in [5.41, 5.74) is 0.728. The Morgan fingerprint density at radius 1 is 1.00 bits per heavy atom. The smallest absolute Gasteiger partial charge is 0.649 e. The van der Waals surface area contributed by atoms with E-state index >= 15 is 0 Å². The van der Waals surface area contributed by atoms with Crippen molar-refractivity contribution in [2.45, 2.75) is 39.0 Å². The first-order valence-electron chi connectivity index (χ1n) is 8.10. The summed E-state index contributed by atoms with van der Waals surface area (Å²) in [7, 11) is 0. The Balaban J connectivity index is 0.000000786. The van der Waals surface area contributed by atoms with E-state index in [2.05, 4.69) is 18.6 Å². The molecule has 0 aliphatic rings. The number of hydrogen-bond acceptors (Lipinski definition) is 3. The van der Waals surface area contributed by atoms with Crippen molar-refractivity contribution < 1.29 is 46.3 Å². The fourth-order valence-corrected chi connectivity index (χ4v) is 1.88. The third-order valence-corrected chi connectivity index (χ3v) is 3.21. The van der Waals surface area contributed by atoms with Crippen molar-refractivity contribution in [3.8, 4) is 11.5 Å². The Hall–Kier alpha value is -2.03. The van der Waals surface area contributed by atoms with Crippen LogP contribution in [0.25, 0.3) is 0 Å². The molecule has 0 spiro atoms. The molecule has 0 aromatic heterocycles. The van der Waals surface area contributed by atoms with Gasteiger partial charge in [-0.3, -0.25) is 0 Å². The number of ether oxygens (including phenoxy) is 2. The van der Waals surface area contributed by atoms with Crippen LogP contribution in [0, 0.1) is 13.8 Å². The quantitative estimate of drug-likeness (QED) is 0.599. The molecule has 148 valence electrons.